The lowest BCUT2D eigenvalue weighted by Crippen LogP contribution is -2.37. The van der Waals surface area contributed by atoms with E-state index in [2.05, 4.69) is 4.98 Å². The van der Waals surface area contributed by atoms with Crippen molar-refractivity contribution in [3.63, 3.8) is 0 Å². The van der Waals surface area contributed by atoms with E-state index in [-0.39, 0.29) is 18.0 Å². The Morgan fingerprint density at radius 1 is 1.65 bits per heavy atom. The standard InChI is InChI=1S/C13H17N3O4/c1-9-5-11(16(19)20)13(14-7-9)15-4-2-3-10(8-15)6-12(17)18/h5,7,10H,2-4,6,8H2,1H3,(H,17,18). The Balaban J connectivity index is 2.22. The quantitative estimate of drug-likeness (QED) is 0.668. The molecule has 1 N–H and O–H groups in total. The number of hydrogen-bond donors (Lipinski definition) is 1. The highest BCUT2D eigenvalue weighted by molar-refractivity contribution is 5.67. The van der Waals surface area contributed by atoms with Crippen LogP contribution in [0.15, 0.2) is 12.3 Å². The predicted octanol–water partition coefficient (Wildman–Crippen LogP) is 1.99. The topological polar surface area (TPSA) is 96.6 Å². The summed E-state index contributed by atoms with van der Waals surface area (Å²) in [6, 6.07) is 1.50. The van der Waals surface area contributed by atoms with Crippen molar-refractivity contribution in [2.75, 3.05) is 18.0 Å². The van der Waals surface area contributed by atoms with Gasteiger partial charge in [0.1, 0.15) is 0 Å². The molecule has 2 rings (SSSR count). The summed E-state index contributed by atoms with van der Waals surface area (Å²) in [7, 11) is 0. The molecule has 1 aromatic heterocycles. The number of aromatic nitrogens is 1. The van der Waals surface area contributed by atoms with E-state index in [1.54, 1.807) is 13.1 Å². The number of pyridine rings is 1. The molecule has 0 bridgehead atoms. The number of carboxylic acid groups (broad SMARTS) is 1. The fourth-order valence-corrected chi connectivity index (χ4v) is 2.60. The van der Waals surface area contributed by atoms with Gasteiger partial charge in [0.05, 0.1) is 4.92 Å². The van der Waals surface area contributed by atoms with Crippen LogP contribution in [-0.4, -0.2) is 34.1 Å². The van der Waals surface area contributed by atoms with Gasteiger partial charge < -0.3 is 10.0 Å². The first-order valence-electron chi connectivity index (χ1n) is 6.55. The molecular weight excluding hydrogens is 262 g/mol. The Morgan fingerprint density at radius 3 is 3.05 bits per heavy atom. The van der Waals surface area contributed by atoms with Crippen molar-refractivity contribution >= 4 is 17.5 Å². The van der Waals surface area contributed by atoms with Crippen molar-refractivity contribution in [2.24, 2.45) is 5.92 Å². The molecule has 0 saturated carbocycles. The summed E-state index contributed by atoms with van der Waals surface area (Å²) in [6.45, 7) is 2.93. The Morgan fingerprint density at radius 2 is 2.40 bits per heavy atom. The molecule has 0 radical (unpaired) electrons. The van der Waals surface area contributed by atoms with E-state index in [4.69, 9.17) is 5.11 Å². The van der Waals surface area contributed by atoms with Crippen LogP contribution < -0.4 is 4.90 Å². The fraction of sp³-hybridized carbons (Fsp3) is 0.538. The van der Waals surface area contributed by atoms with Gasteiger partial charge in [0.15, 0.2) is 0 Å². The van der Waals surface area contributed by atoms with Crippen molar-refractivity contribution < 1.29 is 14.8 Å². The van der Waals surface area contributed by atoms with E-state index in [1.165, 1.54) is 6.07 Å². The highest BCUT2D eigenvalue weighted by atomic mass is 16.6. The summed E-state index contributed by atoms with van der Waals surface area (Å²) < 4.78 is 0. The lowest BCUT2D eigenvalue weighted by molar-refractivity contribution is -0.384. The summed E-state index contributed by atoms with van der Waals surface area (Å²) in [5.41, 5.74) is 0.723. The van der Waals surface area contributed by atoms with Gasteiger partial charge in [-0.15, -0.1) is 0 Å². The summed E-state index contributed by atoms with van der Waals surface area (Å²) in [4.78, 5) is 27.5. The van der Waals surface area contributed by atoms with Crippen LogP contribution >= 0.6 is 0 Å². The van der Waals surface area contributed by atoms with Crippen LogP contribution in [0.2, 0.25) is 0 Å². The van der Waals surface area contributed by atoms with E-state index in [1.807, 2.05) is 4.90 Å². The minimum absolute atomic E-state index is 0.0130. The first-order valence-corrected chi connectivity index (χ1v) is 6.55. The lowest BCUT2D eigenvalue weighted by Gasteiger charge is -2.32. The van der Waals surface area contributed by atoms with Crippen LogP contribution in [0.5, 0.6) is 0 Å². The van der Waals surface area contributed by atoms with Crippen molar-refractivity contribution in [2.45, 2.75) is 26.2 Å². The number of hydrogen-bond acceptors (Lipinski definition) is 5. The Kier molecular flexibility index (Phi) is 4.16. The van der Waals surface area contributed by atoms with Crippen molar-refractivity contribution in [3.8, 4) is 0 Å². The van der Waals surface area contributed by atoms with Gasteiger partial charge in [0, 0.05) is 31.8 Å². The van der Waals surface area contributed by atoms with E-state index in [0.29, 0.717) is 18.9 Å². The molecule has 7 heteroatoms. The molecule has 1 aliphatic rings. The second-order valence-electron chi connectivity index (χ2n) is 5.16. The van der Waals surface area contributed by atoms with Crippen LogP contribution in [0, 0.1) is 23.0 Å². The average Bonchev–Trinajstić information content (AvgIpc) is 2.38. The number of aryl methyl sites for hydroxylation is 1. The van der Waals surface area contributed by atoms with Gasteiger partial charge in [0.2, 0.25) is 5.82 Å². The van der Waals surface area contributed by atoms with Crippen LogP contribution in [0.1, 0.15) is 24.8 Å². The molecule has 0 aromatic carbocycles. The summed E-state index contributed by atoms with van der Waals surface area (Å²) >= 11 is 0. The van der Waals surface area contributed by atoms with Crippen molar-refractivity contribution in [3.05, 3.63) is 27.9 Å². The molecule has 0 spiro atoms. The molecule has 1 aliphatic heterocycles. The molecule has 1 atom stereocenters. The smallest absolute Gasteiger partial charge is 0.311 e. The van der Waals surface area contributed by atoms with Gasteiger partial charge >= 0.3 is 11.7 Å². The number of carboxylic acids is 1. The van der Waals surface area contributed by atoms with Crippen LogP contribution in [0.4, 0.5) is 11.5 Å². The highest BCUT2D eigenvalue weighted by Crippen LogP contribution is 2.30. The molecule has 0 aliphatic carbocycles. The van der Waals surface area contributed by atoms with Crippen molar-refractivity contribution in [1.82, 2.24) is 4.98 Å². The van der Waals surface area contributed by atoms with Gasteiger partial charge in [0.25, 0.3) is 0 Å². The molecule has 7 nitrogen and oxygen atoms in total. The van der Waals surface area contributed by atoms with Crippen molar-refractivity contribution in [1.29, 1.82) is 0 Å². The number of nitrogens with zero attached hydrogens (tertiary/aromatic N) is 3. The van der Waals surface area contributed by atoms with Gasteiger partial charge in [-0.3, -0.25) is 14.9 Å². The van der Waals surface area contributed by atoms with Crippen LogP contribution in [0.3, 0.4) is 0 Å². The summed E-state index contributed by atoms with van der Waals surface area (Å²) in [5, 5.41) is 20.0. The fourth-order valence-electron chi connectivity index (χ4n) is 2.60. The second-order valence-corrected chi connectivity index (χ2v) is 5.16. The zero-order chi connectivity index (χ0) is 14.7. The molecule has 1 saturated heterocycles. The number of piperidine rings is 1. The molecule has 20 heavy (non-hydrogen) atoms. The maximum Gasteiger partial charge on any atom is 0.311 e. The Labute approximate surface area is 116 Å². The van der Waals surface area contributed by atoms with E-state index in [9.17, 15) is 14.9 Å². The first-order chi connectivity index (χ1) is 9.47. The monoisotopic (exact) mass is 279 g/mol. The van der Waals surface area contributed by atoms with Gasteiger partial charge in [-0.05, 0) is 31.2 Å². The number of nitro groups is 1. The third-order valence-corrected chi connectivity index (χ3v) is 3.46. The third kappa shape index (κ3) is 3.23. The molecule has 108 valence electrons. The third-order valence-electron chi connectivity index (χ3n) is 3.46. The molecule has 1 aromatic rings. The highest BCUT2D eigenvalue weighted by Gasteiger charge is 2.27. The zero-order valence-corrected chi connectivity index (χ0v) is 11.3. The van der Waals surface area contributed by atoms with E-state index in [0.717, 1.165) is 18.4 Å². The molecule has 0 amide bonds. The summed E-state index contributed by atoms with van der Waals surface area (Å²) in [5.74, 6) is -0.470. The average molecular weight is 279 g/mol. The maximum atomic E-state index is 11.1. The van der Waals surface area contributed by atoms with Crippen LogP contribution in [-0.2, 0) is 4.79 Å². The van der Waals surface area contributed by atoms with Gasteiger partial charge in [-0.25, -0.2) is 4.98 Å². The predicted molar refractivity (Wildman–Crippen MR) is 72.8 cm³/mol. The Hall–Kier alpha value is -2.18. The SMILES string of the molecule is Cc1cnc(N2CCCC(CC(=O)O)C2)c([N+](=O)[O-])c1. The van der Waals surface area contributed by atoms with E-state index >= 15 is 0 Å². The minimum atomic E-state index is -0.830. The number of aliphatic carboxylic acids is 1. The molecule has 2 heterocycles. The van der Waals surface area contributed by atoms with Crippen LogP contribution in [0.25, 0.3) is 0 Å². The van der Waals surface area contributed by atoms with Gasteiger partial charge in [-0.2, -0.15) is 0 Å². The largest absolute Gasteiger partial charge is 0.481 e. The van der Waals surface area contributed by atoms with Gasteiger partial charge in [-0.1, -0.05) is 0 Å². The molecule has 1 fully saturated rings. The number of carbonyl (C=O) groups is 1. The molecular formula is C13H17N3O4. The zero-order valence-electron chi connectivity index (χ0n) is 11.3. The Bertz CT molecular complexity index is 532. The summed E-state index contributed by atoms with van der Waals surface area (Å²) in [6.07, 6.45) is 3.35. The van der Waals surface area contributed by atoms with E-state index < -0.39 is 10.9 Å². The number of rotatable bonds is 4. The second kappa shape index (κ2) is 5.85. The minimum Gasteiger partial charge on any atom is -0.481 e. The normalized spacial score (nSPS) is 18.9. The maximum absolute atomic E-state index is 11.1. The number of anilines is 1. The molecule has 1 unspecified atom stereocenters. The lowest BCUT2D eigenvalue weighted by atomic mass is 9.95. The first kappa shape index (κ1) is 14.2.